The molecule has 3 aromatic carbocycles. The number of thioether (sulfide) groups is 1. The van der Waals surface area contributed by atoms with Gasteiger partial charge in [0.25, 0.3) is 11.1 Å². The van der Waals surface area contributed by atoms with Crippen molar-refractivity contribution >= 4 is 66.8 Å². The number of methoxy groups -OCH3 is 1. The summed E-state index contributed by atoms with van der Waals surface area (Å²) < 4.78 is 26.0. The Balaban J connectivity index is 1.58. The maximum Gasteiger partial charge on any atom is 0.344 e. The molecule has 1 aliphatic heterocycles. The average molecular weight is 621 g/mol. The number of carbonyl (C=O) groups is 3. The monoisotopic (exact) mass is 619 g/mol. The summed E-state index contributed by atoms with van der Waals surface area (Å²) in [6.45, 7) is -0.161. The number of carbonyl (C=O) groups excluding carboxylic acids is 3. The maximum atomic E-state index is 14.0. The van der Waals surface area contributed by atoms with Crippen molar-refractivity contribution in [1.82, 2.24) is 4.90 Å². The first-order valence-corrected chi connectivity index (χ1v) is 12.5. The van der Waals surface area contributed by atoms with Gasteiger partial charge in [-0.2, -0.15) is 0 Å². The number of nitrogens with zero attached hydrogens (tertiary/aromatic N) is 1. The molecule has 3 aromatic rings. The largest absolute Gasteiger partial charge is 0.493 e. The van der Waals surface area contributed by atoms with E-state index in [1.165, 1.54) is 31.4 Å². The van der Waals surface area contributed by atoms with E-state index in [4.69, 9.17) is 9.47 Å². The van der Waals surface area contributed by atoms with Gasteiger partial charge in [0.15, 0.2) is 11.5 Å². The minimum absolute atomic E-state index is 0.161. The van der Waals surface area contributed by atoms with E-state index in [9.17, 15) is 18.8 Å². The van der Waals surface area contributed by atoms with E-state index in [0.29, 0.717) is 20.1 Å². The van der Waals surface area contributed by atoms with Crippen LogP contribution in [0, 0.1) is 5.82 Å². The number of imide groups is 1. The van der Waals surface area contributed by atoms with Gasteiger partial charge in [0.2, 0.25) is 0 Å². The van der Waals surface area contributed by atoms with Crippen LogP contribution in [0.1, 0.15) is 21.5 Å². The number of benzene rings is 3. The molecule has 1 saturated heterocycles. The highest BCUT2D eigenvalue weighted by Gasteiger charge is 2.35. The van der Waals surface area contributed by atoms with E-state index in [1.54, 1.807) is 42.5 Å². The molecule has 2 amide bonds. The summed E-state index contributed by atoms with van der Waals surface area (Å²) in [4.78, 5) is 39.1. The van der Waals surface area contributed by atoms with Crippen molar-refractivity contribution in [3.8, 4) is 11.5 Å². The lowest BCUT2D eigenvalue weighted by Crippen LogP contribution is -2.27. The van der Waals surface area contributed by atoms with E-state index < -0.39 is 22.9 Å². The van der Waals surface area contributed by atoms with Crippen molar-refractivity contribution in [2.45, 2.75) is 6.54 Å². The molecular formula is C25H16Br2FNO5S. The van der Waals surface area contributed by atoms with Gasteiger partial charge in [0.1, 0.15) is 5.82 Å². The Hall–Kier alpha value is -2.95. The normalized spacial score (nSPS) is 14.5. The first kappa shape index (κ1) is 25.2. The van der Waals surface area contributed by atoms with Gasteiger partial charge in [-0.1, -0.05) is 30.3 Å². The Morgan fingerprint density at radius 3 is 2.49 bits per heavy atom. The number of hydrogen-bond donors (Lipinski definition) is 0. The Kier molecular flexibility index (Phi) is 7.73. The molecule has 1 heterocycles. The zero-order valence-electron chi connectivity index (χ0n) is 18.1. The van der Waals surface area contributed by atoms with Crippen molar-refractivity contribution in [3.05, 3.63) is 97.0 Å². The summed E-state index contributed by atoms with van der Waals surface area (Å²) in [6, 6.07) is 16.1. The highest BCUT2D eigenvalue weighted by molar-refractivity contribution is 9.10. The standard InChI is InChI=1S/C25H16Br2FNO5S/c1-33-20-11-14(10-18(27)22(20)34-24(31)16-7-3-4-8-17(16)26)12-21-23(30)29(25(32)35-21)13-15-6-2-5-9-19(15)28/h2-12H,13H2,1H3/b21-12-. The summed E-state index contributed by atoms with van der Waals surface area (Å²) >= 11 is 7.48. The second kappa shape index (κ2) is 10.8. The van der Waals surface area contributed by atoms with Crippen LogP contribution in [0.5, 0.6) is 11.5 Å². The van der Waals surface area contributed by atoms with Gasteiger partial charge in [0.05, 0.1) is 28.6 Å². The predicted molar refractivity (Wildman–Crippen MR) is 138 cm³/mol. The molecule has 178 valence electrons. The number of hydrogen-bond acceptors (Lipinski definition) is 6. The minimum atomic E-state index is -0.585. The predicted octanol–water partition coefficient (Wildman–Crippen LogP) is 6.82. The molecule has 0 bridgehead atoms. The third kappa shape index (κ3) is 5.50. The van der Waals surface area contributed by atoms with Crippen molar-refractivity contribution in [2.75, 3.05) is 7.11 Å². The first-order valence-electron chi connectivity index (χ1n) is 10.1. The molecule has 10 heteroatoms. The Morgan fingerprint density at radius 1 is 1.06 bits per heavy atom. The molecule has 35 heavy (non-hydrogen) atoms. The molecule has 0 atom stereocenters. The fourth-order valence-electron chi connectivity index (χ4n) is 3.28. The second-order valence-corrected chi connectivity index (χ2v) is 9.96. The third-order valence-corrected chi connectivity index (χ3v) is 7.19. The maximum absolute atomic E-state index is 14.0. The van der Waals surface area contributed by atoms with E-state index >= 15 is 0 Å². The van der Waals surface area contributed by atoms with Gasteiger partial charge in [-0.25, -0.2) is 9.18 Å². The van der Waals surface area contributed by atoms with Gasteiger partial charge < -0.3 is 9.47 Å². The molecule has 0 N–H and O–H groups in total. The minimum Gasteiger partial charge on any atom is -0.493 e. The number of halogens is 3. The third-order valence-electron chi connectivity index (χ3n) is 5.00. The summed E-state index contributed by atoms with van der Waals surface area (Å²) in [5, 5.41) is -0.491. The quantitative estimate of drug-likeness (QED) is 0.171. The molecule has 0 aliphatic carbocycles. The van der Waals surface area contributed by atoms with Crippen LogP contribution in [0.4, 0.5) is 9.18 Å². The molecule has 0 spiro atoms. The van der Waals surface area contributed by atoms with E-state index in [1.807, 2.05) is 0 Å². The number of rotatable bonds is 6. The van der Waals surface area contributed by atoms with Gasteiger partial charge in [-0.15, -0.1) is 0 Å². The van der Waals surface area contributed by atoms with Crippen LogP contribution >= 0.6 is 43.6 Å². The van der Waals surface area contributed by atoms with Crippen molar-refractivity contribution in [1.29, 1.82) is 0 Å². The lowest BCUT2D eigenvalue weighted by atomic mass is 10.1. The van der Waals surface area contributed by atoms with Crippen LogP contribution in [0.25, 0.3) is 6.08 Å². The van der Waals surface area contributed by atoms with Crippen LogP contribution in [-0.2, 0) is 11.3 Å². The molecule has 0 aromatic heterocycles. The summed E-state index contributed by atoms with van der Waals surface area (Å²) in [5.74, 6) is -1.19. The molecule has 0 radical (unpaired) electrons. The highest BCUT2D eigenvalue weighted by Crippen LogP contribution is 2.40. The fraction of sp³-hybridized carbons (Fsp3) is 0.0800. The zero-order chi connectivity index (χ0) is 25.1. The lowest BCUT2D eigenvalue weighted by Gasteiger charge is -2.13. The van der Waals surface area contributed by atoms with E-state index in [2.05, 4.69) is 31.9 Å². The topological polar surface area (TPSA) is 72.9 Å². The first-order chi connectivity index (χ1) is 16.8. The van der Waals surface area contributed by atoms with Crippen LogP contribution in [0.15, 0.2) is 74.5 Å². The van der Waals surface area contributed by atoms with Crippen molar-refractivity contribution in [3.63, 3.8) is 0 Å². The van der Waals surface area contributed by atoms with Gasteiger partial charge in [0, 0.05) is 10.0 Å². The van der Waals surface area contributed by atoms with Crippen LogP contribution in [0.3, 0.4) is 0 Å². The molecular weight excluding hydrogens is 605 g/mol. The molecule has 6 nitrogen and oxygen atoms in total. The Bertz CT molecular complexity index is 1380. The van der Waals surface area contributed by atoms with Crippen LogP contribution < -0.4 is 9.47 Å². The lowest BCUT2D eigenvalue weighted by molar-refractivity contribution is -0.123. The SMILES string of the molecule is COc1cc(/C=C2\SC(=O)N(Cc3ccccc3F)C2=O)cc(Br)c1OC(=O)c1ccccc1Br. The van der Waals surface area contributed by atoms with Gasteiger partial charge in [-0.05, 0) is 85.6 Å². The number of esters is 1. The number of amides is 2. The summed E-state index contributed by atoms with van der Waals surface area (Å²) in [7, 11) is 1.42. The molecule has 1 aliphatic rings. The second-order valence-electron chi connectivity index (χ2n) is 7.26. The Labute approximate surface area is 221 Å². The average Bonchev–Trinajstić information content (AvgIpc) is 3.09. The molecule has 0 unspecified atom stereocenters. The Morgan fingerprint density at radius 2 is 1.77 bits per heavy atom. The van der Waals surface area contributed by atoms with Crippen LogP contribution in [-0.4, -0.2) is 29.1 Å². The van der Waals surface area contributed by atoms with Gasteiger partial charge >= 0.3 is 5.97 Å². The van der Waals surface area contributed by atoms with E-state index in [-0.39, 0.29) is 28.5 Å². The smallest absolute Gasteiger partial charge is 0.344 e. The van der Waals surface area contributed by atoms with E-state index in [0.717, 1.165) is 16.7 Å². The highest BCUT2D eigenvalue weighted by atomic mass is 79.9. The fourth-order valence-corrected chi connectivity index (χ4v) is 5.11. The van der Waals surface area contributed by atoms with Crippen LogP contribution in [0.2, 0.25) is 0 Å². The summed E-state index contributed by atoms with van der Waals surface area (Å²) in [5.41, 5.74) is 1.12. The van der Waals surface area contributed by atoms with Gasteiger partial charge in [-0.3, -0.25) is 14.5 Å². The molecule has 0 saturated carbocycles. The number of ether oxygens (including phenoxy) is 2. The molecule has 4 rings (SSSR count). The summed E-state index contributed by atoms with van der Waals surface area (Å²) in [6.07, 6.45) is 1.53. The molecule has 1 fully saturated rings. The van der Waals surface area contributed by atoms with Crippen molar-refractivity contribution in [2.24, 2.45) is 0 Å². The van der Waals surface area contributed by atoms with Crippen molar-refractivity contribution < 1.29 is 28.2 Å². The zero-order valence-corrected chi connectivity index (χ0v) is 22.1.